The van der Waals surface area contributed by atoms with Crippen molar-refractivity contribution >= 4 is 13.4 Å². The fourth-order valence-corrected chi connectivity index (χ4v) is 0. The minimum absolute atomic E-state index is 0. The van der Waals surface area contributed by atoms with Gasteiger partial charge in [0.2, 0.25) is 0 Å². The Morgan fingerprint density at radius 3 is 1.14 bits per heavy atom. The van der Waals surface area contributed by atoms with E-state index in [1.165, 1.54) is 0 Å². The SMILES string of the molecule is O=[Se](=O)([O-])[O-].[Fe+2].[NH4+]. The summed E-state index contributed by atoms with van der Waals surface area (Å²) in [6.07, 6.45) is 0. The van der Waals surface area contributed by atoms with Crippen molar-refractivity contribution in [1.82, 2.24) is 6.15 Å². The Morgan fingerprint density at radius 1 is 1.14 bits per heavy atom. The van der Waals surface area contributed by atoms with Gasteiger partial charge in [-0.05, 0) is 0 Å². The van der Waals surface area contributed by atoms with Crippen LogP contribution in [0.5, 0.6) is 0 Å². The summed E-state index contributed by atoms with van der Waals surface area (Å²) in [5.74, 6) is 0. The van der Waals surface area contributed by atoms with Crippen molar-refractivity contribution < 1.29 is 33.1 Å². The molecule has 0 unspecified atom stereocenters. The molecule has 0 aromatic rings. The summed E-state index contributed by atoms with van der Waals surface area (Å²) in [5, 5.41) is 0. The van der Waals surface area contributed by atoms with E-state index < -0.39 is 13.4 Å². The third-order valence-corrected chi connectivity index (χ3v) is 0. The fraction of sp³-hybridized carbons (Fsp3) is 0. The Bertz CT molecular complexity index is 94.9. The van der Waals surface area contributed by atoms with Gasteiger partial charge in [0.1, 0.15) is 0 Å². The van der Waals surface area contributed by atoms with Crippen LogP contribution in [0.25, 0.3) is 0 Å². The van der Waals surface area contributed by atoms with Gasteiger partial charge in [-0.3, -0.25) is 0 Å². The number of quaternary nitrogens is 1. The predicted octanol–water partition coefficient (Wildman–Crippen LogP) is -2.62. The summed E-state index contributed by atoms with van der Waals surface area (Å²) < 4.78 is 34.4. The van der Waals surface area contributed by atoms with Crippen LogP contribution in [0.15, 0.2) is 0 Å². The largest absolute Gasteiger partial charge is 2.00 e. The van der Waals surface area contributed by atoms with Gasteiger partial charge in [-0.15, -0.1) is 0 Å². The summed E-state index contributed by atoms with van der Waals surface area (Å²) >= 11 is -5.75. The topological polar surface area (TPSA) is 117 Å². The third-order valence-electron chi connectivity index (χ3n) is 0. The Balaban J connectivity index is -0.0000000800. The Kier molecular flexibility index (Phi) is 10.4. The van der Waals surface area contributed by atoms with Gasteiger partial charge in [0.05, 0.1) is 0 Å². The molecular formula is H4FeNO4Se+. The molecule has 0 saturated heterocycles. The van der Waals surface area contributed by atoms with Crippen LogP contribution >= 0.6 is 0 Å². The maximum absolute atomic E-state index is 8.59. The predicted molar refractivity (Wildman–Crippen MR) is 13.1 cm³/mol. The molecule has 7 heteroatoms. The van der Waals surface area contributed by atoms with E-state index in [-0.39, 0.29) is 23.2 Å². The van der Waals surface area contributed by atoms with Crippen LogP contribution in [0.1, 0.15) is 0 Å². The molecule has 0 atom stereocenters. The van der Waals surface area contributed by atoms with E-state index in [1.807, 2.05) is 0 Å². The van der Waals surface area contributed by atoms with Crippen LogP contribution in [-0.4, -0.2) is 13.4 Å². The van der Waals surface area contributed by atoms with Crippen molar-refractivity contribution in [2.24, 2.45) is 0 Å². The van der Waals surface area contributed by atoms with E-state index in [0.29, 0.717) is 0 Å². The smallest absolute Gasteiger partial charge is 0.369 e. The molecule has 0 bridgehead atoms. The zero-order chi connectivity index (χ0) is 4.50. The molecule has 0 fully saturated rings. The average molecular weight is 217 g/mol. The molecule has 0 aliphatic heterocycles. The van der Waals surface area contributed by atoms with Gasteiger partial charge in [0.15, 0.2) is 0 Å². The van der Waals surface area contributed by atoms with Crippen molar-refractivity contribution in [3.8, 4) is 0 Å². The second kappa shape index (κ2) is 4.67. The minimum atomic E-state index is -5.75. The van der Waals surface area contributed by atoms with Crippen LogP contribution in [-0.2, 0) is 24.7 Å². The maximum atomic E-state index is 8.59. The normalized spacial score (nSPS) is 8.29. The molecule has 0 aromatic heterocycles. The molecule has 5 nitrogen and oxygen atoms in total. The molecule has 0 aliphatic rings. The summed E-state index contributed by atoms with van der Waals surface area (Å²) in [6, 6.07) is 0. The standard InChI is InChI=1S/Fe.H3N.H2O4Se/c;;1-5(2,3)4/h;1H3;(H2,1,2,3,4)/q+2;;/p-1. The molecule has 0 saturated carbocycles. The Morgan fingerprint density at radius 2 is 1.14 bits per heavy atom. The molecule has 0 spiro atoms. The zero-order valence-corrected chi connectivity index (χ0v) is 6.21. The Hall–Kier alpha value is 0.519. The Labute approximate surface area is 53.1 Å². The molecular weight excluding hydrogens is 213 g/mol. The van der Waals surface area contributed by atoms with Gasteiger partial charge in [-0.2, -0.15) is 0 Å². The molecule has 0 radical (unpaired) electrons. The van der Waals surface area contributed by atoms with E-state index in [9.17, 15) is 0 Å². The van der Waals surface area contributed by atoms with Crippen LogP contribution in [0.3, 0.4) is 0 Å². The van der Waals surface area contributed by atoms with Crippen molar-refractivity contribution in [1.29, 1.82) is 0 Å². The molecule has 4 N–H and O–H groups in total. The van der Waals surface area contributed by atoms with Gasteiger partial charge in [0, 0.05) is 0 Å². The quantitative estimate of drug-likeness (QED) is 0.446. The number of hydrogen-bond donors (Lipinski definition) is 1. The van der Waals surface area contributed by atoms with Gasteiger partial charge < -0.3 is 6.15 Å². The maximum Gasteiger partial charge on any atom is 2.00 e. The first-order valence-corrected chi connectivity index (χ1v) is 3.46. The summed E-state index contributed by atoms with van der Waals surface area (Å²) in [4.78, 5) is 0. The second-order valence-electron chi connectivity index (χ2n) is 0.408. The first kappa shape index (κ1) is 15.6. The second-order valence-corrected chi connectivity index (χ2v) is 2.12. The van der Waals surface area contributed by atoms with Crippen molar-refractivity contribution in [2.45, 2.75) is 0 Å². The number of rotatable bonds is 0. The molecule has 0 aliphatic carbocycles. The zero-order valence-electron chi connectivity index (χ0n) is 3.39. The van der Waals surface area contributed by atoms with E-state index >= 15 is 0 Å². The van der Waals surface area contributed by atoms with Crippen LogP contribution in [0.4, 0.5) is 0 Å². The molecule has 7 heavy (non-hydrogen) atoms. The van der Waals surface area contributed by atoms with Gasteiger partial charge in [-0.25, -0.2) is 0 Å². The summed E-state index contributed by atoms with van der Waals surface area (Å²) in [7, 11) is 0. The first-order chi connectivity index (χ1) is 2.00. The van der Waals surface area contributed by atoms with Gasteiger partial charge >= 0.3 is 46.5 Å². The van der Waals surface area contributed by atoms with Crippen LogP contribution < -0.4 is 14.5 Å². The summed E-state index contributed by atoms with van der Waals surface area (Å²) in [5.41, 5.74) is 0. The van der Waals surface area contributed by atoms with Crippen molar-refractivity contribution in [2.75, 3.05) is 0 Å². The van der Waals surface area contributed by atoms with Crippen molar-refractivity contribution in [3.05, 3.63) is 0 Å². The molecule has 46 valence electrons. The van der Waals surface area contributed by atoms with Crippen LogP contribution in [0, 0.1) is 0 Å². The molecule has 0 amide bonds. The van der Waals surface area contributed by atoms with Gasteiger partial charge in [-0.1, -0.05) is 0 Å². The fourth-order valence-electron chi connectivity index (χ4n) is 0. The van der Waals surface area contributed by atoms with E-state index in [2.05, 4.69) is 0 Å². The van der Waals surface area contributed by atoms with E-state index in [0.717, 1.165) is 0 Å². The van der Waals surface area contributed by atoms with E-state index in [4.69, 9.17) is 16.0 Å². The molecule has 0 rings (SSSR count). The van der Waals surface area contributed by atoms with Crippen LogP contribution in [0.2, 0.25) is 0 Å². The molecule has 0 heterocycles. The summed E-state index contributed by atoms with van der Waals surface area (Å²) in [6.45, 7) is 0. The van der Waals surface area contributed by atoms with Crippen molar-refractivity contribution in [3.63, 3.8) is 0 Å². The average Bonchev–Trinajstić information content (AvgIpc) is 0.722. The number of hydrogen-bond acceptors (Lipinski definition) is 4. The monoisotopic (exact) mass is 218 g/mol. The van der Waals surface area contributed by atoms with Gasteiger partial charge in [0.25, 0.3) is 0 Å². The molecule has 0 aromatic carbocycles. The third kappa shape index (κ3) is 494. The minimum Gasteiger partial charge on any atom is -0.369 e. The van der Waals surface area contributed by atoms with E-state index in [1.54, 1.807) is 0 Å². The first-order valence-electron chi connectivity index (χ1n) is 0.667.